The molecule has 1 aromatic carbocycles. The van der Waals surface area contributed by atoms with Crippen molar-refractivity contribution in [2.75, 3.05) is 32.6 Å². The molecule has 1 amide bonds. The predicted molar refractivity (Wildman–Crippen MR) is 71.9 cm³/mol. The molecular weight excluding hydrogens is 252 g/mol. The highest BCUT2D eigenvalue weighted by molar-refractivity contribution is 6.45. The van der Waals surface area contributed by atoms with E-state index < -0.39 is 0 Å². The molecule has 0 fully saturated rings. The van der Waals surface area contributed by atoms with Crippen molar-refractivity contribution in [1.29, 1.82) is 0 Å². The summed E-state index contributed by atoms with van der Waals surface area (Å²) in [5, 5.41) is 0.280. The van der Waals surface area contributed by atoms with Gasteiger partial charge in [0.05, 0.1) is 19.4 Å². The first-order valence-corrected chi connectivity index (χ1v) is 5.94. The molecule has 1 heterocycles. The average Bonchev–Trinajstić information content (AvgIpc) is 2.67. The lowest BCUT2D eigenvalue weighted by Gasteiger charge is -2.19. The highest BCUT2D eigenvalue weighted by Gasteiger charge is 2.31. The Labute approximate surface area is 111 Å². The molecule has 0 spiro atoms. The van der Waals surface area contributed by atoms with Crippen LogP contribution in [0.15, 0.2) is 35.0 Å². The van der Waals surface area contributed by atoms with E-state index in [1.54, 1.807) is 12.0 Å². The Morgan fingerprint density at radius 1 is 1.39 bits per heavy atom. The van der Waals surface area contributed by atoms with Crippen molar-refractivity contribution in [3.05, 3.63) is 35.0 Å². The summed E-state index contributed by atoms with van der Waals surface area (Å²) in [5.41, 5.74) is 1.61. The molecule has 4 nitrogen and oxygen atoms in total. The van der Waals surface area contributed by atoms with E-state index in [2.05, 4.69) is 0 Å². The molecule has 1 aliphatic heterocycles. The van der Waals surface area contributed by atoms with E-state index in [1.807, 2.05) is 43.3 Å². The Balaban J connectivity index is 2.30. The number of carbonyl (C=O) groups excluding carboxylic acids is 1. The fourth-order valence-corrected chi connectivity index (χ4v) is 2.19. The van der Waals surface area contributed by atoms with E-state index in [1.165, 1.54) is 0 Å². The van der Waals surface area contributed by atoms with Crippen LogP contribution >= 0.6 is 11.6 Å². The van der Waals surface area contributed by atoms with Crippen LogP contribution < -0.4 is 9.64 Å². The SMILES string of the molecule is COc1cccc(N2CC(N(C)C)=C(Cl)C2=O)c1. The molecule has 0 aromatic heterocycles. The third-order valence-electron chi connectivity index (χ3n) is 2.90. The minimum atomic E-state index is -0.173. The van der Waals surface area contributed by atoms with Crippen molar-refractivity contribution in [3.8, 4) is 5.75 Å². The van der Waals surface area contributed by atoms with Crippen molar-refractivity contribution in [1.82, 2.24) is 4.90 Å². The lowest BCUT2D eigenvalue weighted by atomic mass is 10.2. The van der Waals surface area contributed by atoms with E-state index in [-0.39, 0.29) is 10.9 Å². The Bertz CT molecular complexity index is 511. The number of rotatable bonds is 3. The summed E-state index contributed by atoms with van der Waals surface area (Å²) in [7, 11) is 5.35. The topological polar surface area (TPSA) is 32.8 Å². The second kappa shape index (κ2) is 4.90. The lowest BCUT2D eigenvalue weighted by molar-refractivity contribution is -0.114. The molecule has 96 valence electrons. The summed E-state index contributed by atoms with van der Waals surface area (Å²) in [6, 6.07) is 7.37. The zero-order chi connectivity index (χ0) is 13.3. The maximum atomic E-state index is 12.1. The highest BCUT2D eigenvalue weighted by atomic mass is 35.5. The minimum absolute atomic E-state index is 0.173. The van der Waals surface area contributed by atoms with Gasteiger partial charge >= 0.3 is 0 Å². The fraction of sp³-hybridized carbons (Fsp3) is 0.308. The number of carbonyl (C=O) groups is 1. The average molecular weight is 267 g/mol. The number of methoxy groups -OCH3 is 1. The Morgan fingerprint density at radius 2 is 2.11 bits per heavy atom. The summed E-state index contributed by atoms with van der Waals surface area (Å²) in [6.45, 7) is 0.484. The summed E-state index contributed by atoms with van der Waals surface area (Å²) in [4.78, 5) is 15.6. The zero-order valence-corrected chi connectivity index (χ0v) is 11.4. The maximum Gasteiger partial charge on any atom is 0.272 e. The van der Waals surface area contributed by atoms with Crippen LogP contribution in [-0.2, 0) is 4.79 Å². The maximum absolute atomic E-state index is 12.1. The van der Waals surface area contributed by atoms with Gasteiger partial charge in [0.2, 0.25) is 0 Å². The van der Waals surface area contributed by atoms with Crippen LogP contribution in [0, 0.1) is 0 Å². The number of likely N-dealkylation sites (N-methyl/N-ethyl adjacent to an activating group) is 1. The van der Waals surface area contributed by atoms with Crippen LogP contribution in [0.3, 0.4) is 0 Å². The molecular formula is C13H15ClN2O2. The molecule has 0 unspecified atom stereocenters. The first-order chi connectivity index (χ1) is 8.54. The van der Waals surface area contributed by atoms with E-state index in [9.17, 15) is 4.79 Å². The second-order valence-electron chi connectivity index (χ2n) is 4.25. The quantitative estimate of drug-likeness (QED) is 0.840. The van der Waals surface area contributed by atoms with Gasteiger partial charge in [-0.25, -0.2) is 0 Å². The lowest BCUT2D eigenvalue weighted by Crippen LogP contribution is -2.27. The number of nitrogens with zero attached hydrogens (tertiary/aromatic N) is 2. The largest absolute Gasteiger partial charge is 0.497 e. The van der Waals surface area contributed by atoms with Crippen LogP contribution in [-0.4, -0.2) is 38.6 Å². The number of anilines is 1. The van der Waals surface area contributed by atoms with Gasteiger partial charge in [-0.3, -0.25) is 4.79 Å². The molecule has 1 aliphatic rings. The fourth-order valence-electron chi connectivity index (χ4n) is 1.86. The van der Waals surface area contributed by atoms with Gasteiger partial charge in [-0.15, -0.1) is 0 Å². The summed E-state index contributed by atoms with van der Waals surface area (Å²) < 4.78 is 5.16. The Kier molecular flexibility index (Phi) is 3.48. The molecule has 5 heteroatoms. The Hall–Kier alpha value is -1.68. The van der Waals surface area contributed by atoms with Crippen molar-refractivity contribution < 1.29 is 9.53 Å². The third-order valence-corrected chi connectivity index (χ3v) is 3.28. The van der Waals surface area contributed by atoms with Gasteiger partial charge in [-0.2, -0.15) is 0 Å². The standard InChI is InChI=1S/C13H15ClN2O2/c1-15(2)11-8-16(13(17)12(11)14)9-5-4-6-10(7-9)18-3/h4-7H,8H2,1-3H3. The first kappa shape index (κ1) is 12.8. The van der Waals surface area contributed by atoms with Gasteiger partial charge in [0.1, 0.15) is 10.8 Å². The normalized spacial score (nSPS) is 15.3. The molecule has 0 radical (unpaired) electrons. The van der Waals surface area contributed by atoms with Crippen molar-refractivity contribution in [2.45, 2.75) is 0 Å². The molecule has 0 N–H and O–H groups in total. The van der Waals surface area contributed by atoms with Crippen LogP contribution in [0.4, 0.5) is 5.69 Å². The number of halogens is 1. The first-order valence-electron chi connectivity index (χ1n) is 5.56. The van der Waals surface area contributed by atoms with Crippen LogP contribution in [0.2, 0.25) is 0 Å². The van der Waals surface area contributed by atoms with Gasteiger partial charge in [0.25, 0.3) is 5.91 Å². The monoisotopic (exact) mass is 266 g/mol. The number of ether oxygens (including phenoxy) is 1. The van der Waals surface area contributed by atoms with Crippen LogP contribution in [0.25, 0.3) is 0 Å². The Morgan fingerprint density at radius 3 is 2.67 bits per heavy atom. The van der Waals surface area contributed by atoms with E-state index in [4.69, 9.17) is 16.3 Å². The van der Waals surface area contributed by atoms with Crippen LogP contribution in [0.1, 0.15) is 0 Å². The minimum Gasteiger partial charge on any atom is -0.497 e. The molecule has 0 aliphatic carbocycles. The smallest absolute Gasteiger partial charge is 0.272 e. The number of amides is 1. The van der Waals surface area contributed by atoms with E-state index in [0.717, 1.165) is 17.1 Å². The van der Waals surface area contributed by atoms with Crippen molar-refractivity contribution in [2.24, 2.45) is 0 Å². The molecule has 18 heavy (non-hydrogen) atoms. The van der Waals surface area contributed by atoms with Gasteiger partial charge in [-0.05, 0) is 12.1 Å². The molecule has 0 atom stereocenters. The molecule has 0 saturated heterocycles. The molecule has 2 rings (SSSR count). The molecule has 1 aromatic rings. The van der Waals surface area contributed by atoms with Crippen molar-refractivity contribution in [3.63, 3.8) is 0 Å². The van der Waals surface area contributed by atoms with Crippen molar-refractivity contribution >= 4 is 23.2 Å². The number of hydrogen-bond donors (Lipinski definition) is 0. The zero-order valence-electron chi connectivity index (χ0n) is 10.6. The molecule has 0 saturated carbocycles. The summed E-state index contributed by atoms with van der Waals surface area (Å²) >= 11 is 6.06. The van der Waals surface area contributed by atoms with E-state index >= 15 is 0 Å². The number of benzene rings is 1. The molecule has 0 bridgehead atoms. The number of hydrogen-bond acceptors (Lipinski definition) is 3. The van der Waals surface area contributed by atoms with Gasteiger partial charge in [0.15, 0.2) is 0 Å². The van der Waals surface area contributed by atoms with Gasteiger partial charge in [0, 0.05) is 25.8 Å². The van der Waals surface area contributed by atoms with Gasteiger partial charge in [-0.1, -0.05) is 17.7 Å². The summed E-state index contributed by atoms with van der Waals surface area (Å²) in [6.07, 6.45) is 0. The highest BCUT2D eigenvalue weighted by Crippen LogP contribution is 2.30. The van der Waals surface area contributed by atoms with Gasteiger partial charge < -0.3 is 14.5 Å². The van der Waals surface area contributed by atoms with Crippen LogP contribution in [0.5, 0.6) is 5.75 Å². The summed E-state index contributed by atoms with van der Waals surface area (Å²) in [5.74, 6) is 0.545. The second-order valence-corrected chi connectivity index (χ2v) is 4.63. The predicted octanol–water partition coefficient (Wildman–Crippen LogP) is 2.05. The third kappa shape index (κ3) is 2.16. The van der Waals surface area contributed by atoms with E-state index in [0.29, 0.717) is 6.54 Å².